The molecule has 53 heavy (non-hydrogen) atoms. The molecule has 9 aromatic carbocycles. The highest BCUT2D eigenvalue weighted by molar-refractivity contribution is 6.13. The maximum absolute atomic E-state index is 6.63. The molecule has 11 aromatic rings. The van der Waals surface area contributed by atoms with E-state index in [0.717, 1.165) is 72.0 Å². The van der Waals surface area contributed by atoms with Gasteiger partial charge in [0, 0.05) is 39.5 Å². The van der Waals surface area contributed by atoms with Gasteiger partial charge in [-0.15, -0.1) is 0 Å². The molecule has 0 atom stereocenters. The third kappa shape index (κ3) is 4.88. The molecule has 0 fully saturated rings. The van der Waals surface area contributed by atoms with Crippen LogP contribution >= 0.6 is 0 Å². The van der Waals surface area contributed by atoms with E-state index in [0.29, 0.717) is 5.89 Å². The summed E-state index contributed by atoms with van der Waals surface area (Å²) in [5.74, 6) is 0.579. The highest BCUT2D eigenvalue weighted by Crippen LogP contribution is 2.43. The Morgan fingerprint density at radius 2 is 1.04 bits per heavy atom. The molecule has 248 valence electrons. The number of oxazole rings is 1. The van der Waals surface area contributed by atoms with Crippen LogP contribution in [-0.4, -0.2) is 4.98 Å². The van der Waals surface area contributed by atoms with Gasteiger partial charge in [-0.25, -0.2) is 4.98 Å². The number of nitrogens with zero attached hydrogens (tertiary/aromatic N) is 2. The zero-order valence-electron chi connectivity index (χ0n) is 28.5. The van der Waals surface area contributed by atoms with E-state index in [4.69, 9.17) is 13.8 Å². The van der Waals surface area contributed by atoms with Crippen LogP contribution in [0, 0.1) is 0 Å². The first-order valence-electron chi connectivity index (χ1n) is 17.9. The Bertz CT molecular complexity index is 3150. The Kier molecular flexibility index (Phi) is 6.52. The summed E-state index contributed by atoms with van der Waals surface area (Å²) in [7, 11) is 0. The molecule has 0 unspecified atom stereocenters. The summed E-state index contributed by atoms with van der Waals surface area (Å²) in [5, 5.41) is 9.10. The molecule has 0 bridgehead atoms. The van der Waals surface area contributed by atoms with Gasteiger partial charge >= 0.3 is 0 Å². The molecular formula is C49H30N2O2. The van der Waals surface area contributed by atoms with Gasteiger partial charge in [-0.05, 0) is 104 Å². The summed E-state index contributed by atoms with van der Waals surface area (Å²) < 4.78 is 13.0. The van der Waals surface area contributed by atoms with Crippen molar-refractivity contribution in [2.45, 2.75) is 0 Å². The number of aromatic nitrogens is 1. The molecule has 0 spiro atoms. The van der Waals surface area contributed by atoms with Gasteiger partial charge in [0.05, 0.1) is 0 Å². The number of hydrogen-bond acceptors (Lipinski definition) is 4. The van der Waals surface area contributed by atoms with E-state index < -0.39 is 0 Å². The van der Waals surface area contributed by atoms with Gasteiger partial charge in [-0.1, -0.05) is 115 Å². The van der Waals surface area contributed by atoms with E-state index >= 15 is 0 Å². The minimum Gasteiger partial charge on any atom is -0.456 e. The molecule has 11 rings (SSSR count). The monoisotopic (exact) mass is 678 g/mol. The van der Waals surface area contributed by atoms with Crippen LogP contribution in [0.15, 0.2) is 191 Å². The molecule has 0 aliphatic heterocycles. The quantitative estimate of drug-likeness (QED) is 0.182. The van der Waals surface area contributed by atoms with Gasteiger partial charge in [0.25, 0.3) is 0 Å². The average Bonchev–Trinajstić information content (AvgIpc) is 3.80. The van der Waals surface area contributed by atoms with E-state index in [2.05, 4.69) is 163 Å². The van der Waals surface area contributed by atoms with Crippen molar-refractivity contribution in [2.24, 2.45) is 0 Å². The molecule has 4 nitrogen and oxygen atoms in total. The second-order valence-electron chi connectivity index (χ2n) is 13.6. The molecular weight excluding hydrogens is 649 g/mol. The van der Waals surface area contributed by atoms with Gasteiger partial charge < -0.3 is 13.7 Å². The molecule has 2 aromatic heterocycles. The summed E-state index contributed by atoms with van der Waals surface area (Å²) >= 11 is 0. The Morgan fingerprint density at radius 1 is 0.377 bits per heavy atom. The first-order valence-corrected chi connectivity index (χ1v) is 17.9. The summed E-state index contributed by atoms with van der Waals surface area (Å²) in [6.07, 6.45) is 0. The fraction of sp³-hybridized carbons (Fsp3) is 0. The van der Waals surface area contributed by atoms with Gasteiger partial charge in [-0.2, -0.15) is 0 Å². The summed E-state index contributed by atoms with van der Waals surface area (Å²) in [6, 6.07) is 64.1. The molecule has 2 heterocycles. The van der Waals surface area contributed by atoms with Crippen LogP contribution in [0.25, 0.3) is 87.9 Å². The van der Waals surface area contributed by atoms with E-state index in [1.807, 2.05) is 24.3 Å². The van der Waals surface area contributed by atoms with Gasteiger partial charge in [0.2, 0.25) is 5.89 Å². The molecule has 0 N–H and O–H groups in total. The fourth-order valence-electron chi connectivity index (χ4n) is 7.91. The van der Waals surface area contributed by atoms with Crippen molar-refractivity contribution in [1.82, 2.24) is 4.98 Å². The van der Waals surface area contributed by atoms with Crippen LogP contribution in [0.1, 0.15) is 0 Å². The molecule has 0 saturated carbocycles. The van der Waals surface area contributed by atoms with Crippen molar-refractivity contribution in [3.63, 3.8) is 0 Å². The van der Waals surface area contributed by atoms with Crippen LogP contribution in [0.3, 0.4) is 0 Å². The highest BCUT2D eigenvalue weighted by atomic mass is 16.3. The normalized spacial score (nSPS) is 11.8. The number of fused-ring (bicyclic) bond motifs is 7. The summed E-state index contributed by atoms with van der Waals surface area (Å²) in [4.78, 5) is 7.27. The van der Waals surface area contributed by atoms with Crippen molar-refractivity contribution in [2.75, 3.05) is 4.90 Å². The topological polar surface area (TPSA) is 42.4 Å². The third-order valence-corrected chi connectivity index (χ3v) is 10.4. The predicted octanol–water partition coefficient (Wildman–Crippen LogP) is 14.0. The molecule has 0 aliphatic carbocycles. The summed E-state index contributed by atoms with van der Waals surface area (Å²) in [5.41, 5.74) is 9.57. The summed E-state index contributed by atoms with van der Waals surface area (Å²) in [6.45, 7) is 0. The SMILES string of the molecule is c1cc(-c2cccc3ccccc23)cc(N(c2ccc3ccccc3c2)c2ccc3c(c2)oc2cccc(-c4nc5cc6ccccc6cc5o4)c23)c1. The molecule has 0 radical (unpaired) electrons. The second-order valence-corrected chi connectivity index (χ2v) is 13.6. The van der Waals surface area contributed by atoms with E-state index in [-0.39, 0.29) is 0 Å². The lowest BCUT2D eigenvalue weighted by molar-refractivity contribution is 0.620. The largest absolute Gasteiger partial charge is 0.456 e. The number of benzene rings is 9. The first-order chi connectivity index (χ1) is 26.2. The van der Waals surface area contributed by atoms with Crippen LogP contribution < -0.4 is 4.90 Å². The Balaban J connectivity index is 1.08. The van der Waals surface area contributed by atoms with Crippen LogP contribution in [0.2, 0.25) is 0 Å². The fourth-order valence-corrected chi connectivity index (χ4v) is 7.91. The van der Waals surface area contributed by atoms with Crippen LogP contribution in [0.4, 0.5) is 17.1 Å². The number of rotatable bonds is 5. The lowest BCUT2D eigenvalue weighted by atomic mass is 9.97. The first kappa shape index (κ1) is 29.5. The van der Waals surface area contributed by atoms with E-state index in [1.165, 1.54) is 27.1 Å². The van der Waals surface area contributed by atoms with Crippen molar-refractivity contribution < 1.29 is 8.83 Å². The van der Waals surface area contributed by atoms with Crippen LogP contribution in [0.5, 0.6) is 0 Å². The lowest BCUT2D eigenvalue weighted by Gasteiger charge is -2.26. The van der Waals surface area contributed by atoms with E-state index in [1.54, 1.807) is 0 Å². The van der Waals surface area contributed by atoms with Gasteiger partial charge in [0.15, 0.2) is 5.58 Å². The van der Waals surface area contributed by atoms with Gasteiger partial charge in [-0.3, -0.25) is 0 Å². The number of anilines is 3. The van der Waals surface area contributed by atoms with E-state index in [9.17, 15) is 0 Å². The minimum atomic E-state index is 0.579. The predicted molar refractivity (Wildman–Crippen MR) is 219 cm³/mol. The third-order valence-electron chi connectivity index (χ3n) is 10.4. The maximum Gasteiger partial charge on any atom is 0.228 e. The molecule has 0 amide bonds. The zero-order chi connectivity index (χ0) is 34.9. The van der Waals surface area contributed by atoms with Crippen molar-refractivity contribution in [3.05, 3.63) is 182 Å². The Morgan fingerprint density at radius 3 is 1.92 bits per heavy atom. The smallest absolute Gasteiger partial charge is 0.228 e. The number of hydrogen-bond donors (Lipinski definition) is 0. The zero-order valence-corrected chi connectivity index (χ0v) is 28.5. The van der Waals surface area contributed by atoms with Gasteiger partial charge in [0.1, 0.15) is 16.7 Å². The Hall–Kier alpha value is -7.17. The Labute approximate surface area is 304 Å². The number of furan rings is 1. The van der Waals surface area contributed by atoms with Crippen molar-refractivity contribution >= 4 is 82.4 Å². The maximum atomic E-state index is 6.63. The highest BCUT2D eigenvalue weighted by Gasteiger charge is 2.20. The second kappa shape index (κ2) is 11.7. The molecule has 0 saturated heterocycles. The van der Waals surface area contributed by atoms with Crippen molar-refractivity contribution in [3.8, 4) is 22.6 Å². The molecule has 0 aliphatic rings. The van der Waals surface area contributed by atoms with Crippen LogP contribution in [-0.2, 0) is 0 Å². The lowest BCUT2D eigenvalue weighted by Crippen LogP contribution is -2.10. The van der Waals surface area contributed by atoms with Crippen molar-refractivity contribution in [1.29, 1.82) is 0 Å². The average molecular weight is 679 g/mol. The minimum absolute atomic E-state index is 0.579. The standard InChI is InChI=1S/C49H30N2O2/c1-2-12-33-26-38(23-22-31(33)10-1)51(37-17-7-16-36(27-37)41-19-8-15-32-11-5-6-18-40(32)41)39-24-25-42-46(30-39)52-45-21-9-20-43(48(42)45)49-50-44-28-34-13-3-4-14-35(34)29-47(44)53-49/h1-30H. The molecule has 4 heteroatoms.